The van der Waals surface area contributed by atoms with E-state index in [0.29, 0.717) is 6.42 Å². The normalized spacial score (nSPS) is 24.4. The molecule has 104 valence electrons. The van der Waals surface area contributed by atoms with Crippen LogP contribution in [0.25, 0.3) is 0 Å². The summed E-state index contributed by atoms with van der Waals surface area (Å²) in [6.07, 6.45) is 0.537. The van der Waals surface area contributed by atoms with Gasteiger partial charge >= 0.3 is 12.1 Å². The van der Waals surface area contributed by atoms with Gasteiger partial charge in [0, 0.05) is 6.54 Å². The van der Waals surface area contributed by atoms with E-state index < -0.39 is 23.8 Å². The highest BCUT2D eigenvalue weighted by Crippen LogP contribution is 2.18. The minimum absolute atomic E-state index is 0.257. The van der Waals surface area contributed by atoms with Gasteiger partial charge in [0.05, 0.1) is 6.10 Å². The molecule has 0 radical (unpaired) electrons. The standard InChI is InChI=1S/C12H21NO5/c1-12(2,3)18-11(16)13-7-8-5-4-6-9(17-8)10(14)15/h8-9H,4-7H2,1-3H3,(H,13,16)(H,14,15)/t8-,9-/m0/s1. The lowest BCUT2D eigenvalue weighted by Crippen LogP contribution is -2.42. The van der Waals surface area contributed by atoms with Crippen molar-refractivity contribution in [1.82, 2.24) is 5.32 Å². The molecule has 0 bridgehead atoms. The van der Waals surface area contributed by atoms with Crippen LogP contribution in [0.3, 0.4) is 0 Å². The summed E-state index contributed by atoms with van der Waals surface area (Å²) in [6, 6.07) is 0. The molecule has 1 aliphatic heterocycles. The molecule has 2 atom stereocenters. The van der Waals surface area contributed by atoms with Crippen LogP contribution in [0.2, 0.25) is 0 Å². The van der Waals surface area contributed by atoms with E-state index in [1.807, 2.05) is 0 Å². The lowest BCUT2D eigenvalue weighted by molar-refractivity contribution is -0.158. The van der Waals surface area contributed by atoms with Crippen LogP contribution in [0.5, 0.6) is 0 Å². The quantitative estimate of drug-likeness (QED) is 0.803. The second kappa shape index (κ2) is 6.04. The Balaban J connectivity index is 2.31. The van der Waals surface area contributed by atoms with Gasteiger partial charge in [-0.15, -0.1) is 0 Å². The van der Waals surface area contributed by atoms with Gasteiger partial charge in [-0.2, -0.15) is 0 Å². The molecule has 2 N–H and O–H groups in total. The Morgan fingerprint density at radius 3 is 2.61 bits per heavy atom. The topological polar surface area (TPSA) is 84.9 Å². The third-order valence-electron chi connectivity index (χ3n) is 2.50. The molecule has 6 nitrogen and oxygen atoms in total. The Morgan fingerprint density at radius 2 is 2.06 bits per heavy atom. The number of carbonyl (C=O) groups is 2. The molecule has 0 aromatic heterocycles. The highest BCUT2D eigenvalue weighted by Gasteiger charge is 2.28. The first-order valence-corrected chi connectivity index (χ1v) is 6.13. The Morgan fingerprint density at radius 1 is 1.39 bits per heavy atom. The number of ether oxygens (including phenoxy) is 2. The van der Waals surface area contributed by atoms with Gasteiger partial charge in [0.1, 0.15) is 5.60 Å². The van der Waals surface area contributed by atoms with E-state index >= 15 is 0 Å². The number of rotatable bonds is 3. The average Bonchev–Trinajstić information content (AvgIpc) is 2.24. The lowest BCUT2D eigenvalue weighted by atomic mass is 10.0. The molecule has 0 aliphatic carbocycles. The summed E-state index contributed by atoms with van der Waals surface area (Å²) >= 11 is 0. The number of hydrogen-bond donors (Lipinski definition) is 2. The SMILES string of the molecule is CC(C)(C)OC(=O)NC[C@@H]1CCC[C@@H](C(=O)O)O1. The lowest BCUT2D eigenvalue weighted by Gasteiger charge is -2.28. The second-order valence-corrected chi connectivity index (χ2v) is 5.40. The second-order valence-electron chi connectivity index (χ2n) is 5.40. The van der Waals surface area contributed by atoms with Crippen molar-refractivity contribution in [1.29, 1.82) is 0 Å². The Kier molecular flexibility index (Phi) is 4.95. The van der Waals surface area contributed by atoms with E-state index in [0.717, 1.165) is 12.8 Å². The molecular formula is C12H21NO5. The highest BCUT2D eigenvalue weighted by atomic mass is 16.6. The molecule has 0 spiro atoms. The maximum absolute atomic E-state index is 11.4. The summed E-state index contributed by atoms with van der Waals surface area (Å²) in [5, 5.41) is 11.4. The van der Waals surface area contributed by atoms with E-state index in [1.54, 1.807) is 20.8 Å². The molecule has 0 saturated carbocycles. The van der Waals surface area contributed by atoms with Crippen molar-refractivity contribution < 1.29 is 24.2 Å². The molecule has 1 fully saturated rings. The van der Waals surface area contributed by atoms with Crippen molar-refractivity contribution >= 4 is 12.1 Å². The van der Waals surface area contributed by atoms with E-state index in [9.17, 15) is 9.59 Å². The molecule has 1 rings (SSSR count). The van der Waals surface area contributed by atoms with Crippen molar-refractivity contribution in [2.75, 3.05) is 6.54 Å². The van der Waals surface area contributed by atoms with Crippen LogP contribution in [0.4, 0.5) is 4.79 Å². The highest BCUT2D eigenvalue weighted by molar-refractivity contribution is 5.72. The van der Waals surface area contributed by atoms with E-state index in [2.05, 4.69) is 5.32 Å². The predicted octanol–water partition coefficient (Wildman–Crippen LogP) is 1.53. The summed E-state index contributed by atoms with van der Waals surface area (Å²) in [6.45, 7) is 5.62. The maximum atomic E-state index is 11.4. The molecule has 1 aliphatic rings. The fourth-order valence-corrected chi connectivity index (χ4v) is 1.74. The first kappa shape index (κ1) is 14.8. The van der Waals surface area contributed by atoms with E-state index in [1.165, 1.54) is 0 Å². The van der Waals surface area contributed by atoms with Crippen LogP contribution in [0.1, 0.15) is 40.0 Å². The van der Waals surface area contributed by atoms with Crippen molar-refractivity contribution in [2.45, 2.75) is 57.8 Å². The number of alkyl carbamates (subject to hydrolysis) is 1. The largest absolute Gasteiger partial charge is 0.479 e. The van der Waals surface area contributed by atoms with Gasteiger partial charge in [0.25, 0.3) is 0 Å². The van der Waals surface area contributed by atoms with Crippen molar-refractivity contribution in [3.63, 3.8) is 0 Å². The molecule has 0 aromatic carbocycles. The third kappa shape index (κ3) is 5.35. The number of carbonyl (C=O) groups excluding carboxylic acids is 1. The van der Waals surface area contributed by atoms with Gasteiger partial charge < -0.3 is 19.9 Å². The number of nitrogens with one attached hydrogen (secondary N) is 1. The maximum Gasteiger partial charge on any atom is 0.407 e. The van der Waals surface area contributed by atoms with Gasteiger partial charge in [0.2, 0.25) is 0 Å². The number of hydrogen-bond acceptors (Lipinski definition) is 4. The molecule has 0 unspecified atom stereocenters. The predicted molar refractivity (Wildman–Crippen MR) is 64.4 cm³/mol. The van der Waals surface area contributed by atoms with Gasteiger partial charge in [-0.05, 0) is 40.0 Å². The number of carboxylic acid groups (broad SMARTS) is 1. The van der Waals surface area contributed by atoms with Crippen molar-refractivity contribution in [3.8, 4) is 0 Å². The Hall–Kier alpha value is -1.30. The Bertz CT molecular complexity index is 310. The summed E-state index contributed by atoms with van der Waals surface area (Å²) in [5.41, 5.74) is -0.541. The van der Waals surface area contributed by atoms with Crippen LogP contribution in [-0.2, 0) is 14.3 Å². The molecule has 0 aromatic rings. The minimum Gasteiger partial charge on any atom is -0.479 e. The van der Waals surface area contributed by atoms with Crippen LogP contribution in [-0.4, -0.2) is 41.5 Å². The summed E-state index contributed by atoms with van der Waals surface area (Å²) in [5.74, 6) is -0.947. The van der Waals surface area contributed by atoms with Gasteiger partial charge in [-0.3, -0.25) is 0 Å². The summed E-state index contributed by atoms with van der Waals surface area (Å²) in [4.78, 5) is 22.2. The van der Waals surface area contributed by atoms with Crippen LogP contribution >= 0.6 is 0 Å². The van der Waals surface area contributed by atoms with Crippen LogP contribution < -0.4 is 5.32 Å². The zero-order valence-electron chi connectivity index (χ0n) is 11.1. The third-order valence-corrected chi connectivity index (χ3v) is 2.50. The van der Waals surface area contributed by atoms with Crippen molar-refractivity contribution in [3.05, 3.63) is 0 Å². The van der Waals surface area contributed by atoms with Gasteiger partial charge in [-0.1, -0.05) is 0 Å². The fourth-order valence-electron chi connectivity index (χ4n) is 1.74. The van der Waals surface area contributed by atoms with E-state index in [-0.39, 0.29) is 12.6 Å². The number of aliphatic carboxylic acids is 1. The summed E-state index contributed by atoms with van der Waals surface area (Å²) < 4.78 is 10.4. The fraction of sp³-hybridized carbons (Fsp3) is 0.833. The molecule has 1 amide bonds. The molecular weight excluding hydrogens is 238 g/mol. The zero-order chi connectivity index (χ0) is 13.8. The van der Waals surface area contributed by atoms with Crippen LogP contribution in [0, 0.1) is 0 Å². The number of carboxylic acids is 1. The van der Waals surface area contributed by atoms with Crippen molar-refractivity contribution in [2.24, 2.45) is 0 Å². The Labute approximate surface area is 107 Å². The van der Waals surface area contributed by atoms with Crippen LogP contribution in [0.15, 0.2) is 0 Å². The van der Waals surface area contributed by atoms with Gasteiger partial charge in [-0.25, -0.2) is 9.59 Å². The van der Waals surface area contributed by atoms with Gasteiger partial charge in [0.15, 0.2) is 6.10 Å². The average molecular weight is 259 g/mol. The molecule has 6 heteroatoms. The smallest absolute Gasteiger partial charge is 0.407 e. The first-order chi connectivity index (χ1) is 8.28. The minimum atomic E-state index is -0.947. The number of amides is 1. The molecule has 1 saturated heterocycles. The monoisotopic (exact) mass is 259 g/mol. The first-order valence-electron chi connectivity index (χ1n) is 6.13. The molecule has 1 heterocycles. The molecule has 18 heavy (non-hydrogen) atoms. The zero-order valence-corrected chi connectivity index (χ0v) is 11.1. The summed E-state index contributed by atoms with van der Waals surface area (Å²) in [7, 11) is 0. The van der Waals surface area contributed by atoms with E-state index in [4.69, 9.17) is 14.6 Å².